The third-order valence-electron chi connectivity index (χ3n) is 6.60. The smallest absolute Gasteiger partial charge is 0.291 e. The van der Waals surface area contributed by atoms with Crippen LogP contribution in [0.5, 0.6) is 0 Å². The molecule has 0 N–H and O–H groups in total. The van der Waals surface area contributed by atoms with Crippen molar-refractivity contribution in [1.29, 1.82) is 0 Å². The van der Waals surface area contributed by atoms with E-state index in [1.54, 1.807) is 6.92 Å². The molecule has 1 amide bonds. The van der Waals surface area contributed by atoms with Crippen molar-refractivity contribution in [3.63, 3.8) is 0 Å². The maximum absolute atomic E-state index is 12.5. The standard InChI is InChI=1S/C23H37N2O3P/c1-17(26)25-20(2,3)15-19(16-21(25,4)5)24(18-13-11-10-12-14-18)29-27-22(6,7)23(8,9)28-29/h10-14,19H,15-16H2,1-9H3. The second-order valence-electron chi connectivity index (χ2n) is 10.7. The molecule has 0 aromatic heterocycles. The van der Waals surface area contributed by atoms with Crippen LogP contribution in [0.1, 0.15) is 75.2 Å². The predicted octanol–water partition coefficient (Wildman–Crippen LogP) is 5.89. The summed E-state index contributed by atoms with van der Waals surface area (Å²) >= 11 is 0. The van der Waals surface area contributed by atoms with E-state index in [9.17, 15) is 4.79 Å². The lowest BCUT2D eigenvalue weighted by atomic mass is 9.76. The Bertz CT molecular complexity index is 727. The van der Waals surface area contributed by atoms with Gasteiger partial charge in [0.2, 0.25) is 5.91 Å². The van der Waals surface area contributed by atoms with E-state index in [1.165, 1.54) is 0 Å². The van der Waals surface area contributed by atoms with E-state index >= 15 is 0 Å². The van der Waals surface area contributed by atoms with Gasteiger partial charge in [0.15, 0.2) is 0 Å². The number of carbonyl (C=O) groups is 1. The molecule has 1 aromatic rings. The fraction of sp³-hybridized carbons (Fsp3) is 0.696. The number of rotatable bonds is 3. The third kappa shape index (κ3) is 4.06. The summed E-state index contributed by atoms with van der Waals surface area (Å²) in [6, 6.07) is 10.6. The van der Waals surface area contributed by atoms with Gasteiger partial charge in [-0.1, -0.05) is 18.2 Å². The topological polar surface area (TPSA) is 42.0 Å². The van der Waals surface area contributed by atoms with Crippen molar-refractivity contribution in [3.05, 3.63) is 30.3 Å². The van der Waals surface area contributed by atoms with Crippen molar-refractivity contribution < 1.29 is 13.8 Å². The molecule has 0 saturated carbocycles. The van der Waals surface area contributed by atoms with E-state index in [2.05, 4.69) is 89.2 Å². The number of para-hydroxylation sites is 1. The second-order valence-corrected chi connectivity index (χ2v) is 11.9. The average Bonchev–Trinajstić information content (AvgIpc) is 2.73. The van der Waals surface area contributed by atoms with Crippen LogP contribution in [0.3, 0.4) is 0 Å². The van der Waals surface area contributed by atoms with Crippen molar-refractivity contribution >= 4 is 20.1 Å². The Morgan fingerprint density at radius 2 is 1.38 bits per heavy atom. The molecule has 2 saturated heterocycles. The van der Waals surface area contributed by atoms with E-state index < -0.39 is 8.53 Å². The van der Waals surface area contributed by atoms with Gasteiger partial charge in [0, 0.05) is 29.7 Å². The van der Waals surface area contributed by atoms with E-state index in [1.807, 2.05) is 6.07 Å². The van der Waals surface area contributed by atoms with Crippen LogP contribution in [0.2, 0.25) is 0 Å². The van der Waals surface area contributed by atoms with Crippen LogP contribution in [-0.2, 0) is 13.8 Å². The zero-order valence-electron chi connectivity index (χ0n) is 19.4. The Hall–Kier alpha value is -1.16. The molecule has 0 atom stereocenters. The predicted molar refractivity (Wildman–Crippen MR) is 120 cm³/mol. The summed E-state index contributed by atoms with van der Waals surface area (Å²) in [7, 11) is -1.27. The summed E-state index contributed by atoms with van der Waals surface area (Å²) in [5, 5.41) is 0. The average molecular weight is 421 g/mol. The zero-order valence-corrected chi connectivity index (χ0v) is 20.3. The highest BCUT2D eigenvalue weighted by atomic mass is 31.2. The fourth-order valence-electron chi connectivity index (χ4n) is 4.99. The highest BCUT2D eigenvalue weighted by Gasteiger charge is 2.55. The first-order valence-electron chi connectivity index (χ1n) is 10.5. The molecule has 162 valence electrons. The molecule has 0 spiro atoms. The molecule has 29 heavy (non-hydrogen) atoms. The van der Waals surface area contributed by atoms with Gasteiger partial charge in [-0.25, -0.2) is 0 Å². The van der Waals surface area contributed by atoms with Gasteiger partial charge < -0.3 is 18.6 Å². The summed E-state index contributed by atoms with van der Waals surface area (Å²) in [4.78, 5) is 14.5. The lowest BCUT2D eigenvalue weighted by molar-refractivity contribution is -0.146. The number of amides is 1. The molecule has 2 fully saturated rings. The van der Waals surface area contributed by atoms with Crippen LogP contribution in [0, 0.1) is 0 Å². The van der Waals surface area contributed by atoms with Crippen molar-refractivity contribution in [2.45, 2.75) is 103 Å². The first kappa shape index (κ1) is 22.5. The number of piperidine rings is 1. The maximum Gasteiger partial charge on any atom is 0.291 e. The van der Waals surface area contributed by atoms with Gasteiger partial charge in [-0.2, -0.15) is 0 Å². The molecular weight excluding hydrogens is 383 g/mol. The van der Waals surface area contributed by atoms with E-state index in [0.717, 1.165) is 18.5 Å². The SMILES string of the molecule is CC(=O)N1C(C)(C)CC(N(c2ccccc2)P2OC(C)(C)C(C)(C)O2)CC1(C)C. The number of hydrogen-bond acceptors (Lipinski definition) is 4. The first-order valence-corrected chi connectivity index (χ1v) is 11.6. The van der Waals surface area contributed by atoms with Gasteiger partial charge >= 0.3 is 0 Å². The van der Waals surface area contributed by atoms with Gasteiger partial charge in [-0.3, -0.25) is 4.79 Å². The molecule has 1 aromatic carbocycles. The Labute approximate surface area is 177 Å². The monoisotopic (exact) mass is 420 g/mol. The molecule has 2 aliphatic heterocycles. The van der Waals surface area contributed by atoms with Crippen molar-refractivity contribution in [2.75, 3.05) is 4.67 Å². The zero-order chi connectivity index (χ0) is 21.8. The van der Waals surface area contributed by atoms with E-state index in [-0.39, 0.29) is 34.2 Å². The fourth-order valence-corrected chi connectivity index (χ4v) is 7.17. The van der Waals surface area contributed by atoms with Crippen molar-refractivity contribution in [2.24, 2.45) is 0 Å². The second kappa shape index (κ2) is 7.21. The summed E-state index contributed by atoms with van der Waals surface area (Å²) in [6.45, 7) is 18.8. The molecule has 6 heteroatoms. The van der Waals surface area contributed by atoms with Gasteiger partial charge in [0.1, 0.15) is 0 Å². The van der Waals surface area contributed by atoms with Crippen LogP contribution in [-0.4, -0.2) is 39.1 Å². The van der Waals surface area contributed by atoms with Crippen molar-refractivity contribution in [1.82, 2.24) is 4.90 Å². The van der Waals surface area contributed by atoms with Crippen LogP contribution in [0.15, 0.2) is 30.3 Å². The van der Waals surface area contributed by atoms with Crippen LogP contribution < -0.4 is 4.67 Å². The number of benzene rings is 1. The highest BCUT2D eigenvalue weighted by Crippen LogP contribution is 2.62. The Morgan fingerprint density at radius 1 is 0.931 bits per heavy atom. The Morgan fingerprint density at radius 3 is 1.79 bits per heavy atom. The molecular formula is C23H37N2O3P. The third-order valence-corrected chi connectivity index (χ3v) is 8.74. The number of nitrogens with zero attached hydrogens (tertiary/aromatic N) is 2. The van der Waals surface area contributed by atoms with E-state index in [0.29, 0.717) is 0 Å². The summed E-state index contributed by atoms with van der Waals surface area (Å²) < 4.78 is 15.4. The minimum Gasteiger partial charge on any atom is -0.333 e. The number of likely N-dealkylation sites (tertiary alicyclic amines) is 1. The summed E-state index contributed by atoms with van der Waals surface area (Å²) in [5.41, 5.74) is -0.162. The molecule has 0 aliphatic carbocycles. The van der Waals surface area contributed by atoms with Crippen LogP contribution >= 0.6 is 8.53 Å². The summed E-state index contributed by atoms with van der Waals surface area (Å²) in [5.74, 6) is 0.131. The molecule has 2 heterocycles. The van der Waals surface area contributed by atoms with Crippen LogP contribution in [0.4, 0.5) is 5.69 Å². The van der Waals surface area contributed by atoms with Gasteiger partial charge in [-0.05, 0) is 80.4 Å². The number of carbonyl (C=O) groups excluding carboxylic acids is 1. The molecule has 5 nitrogen and oxygen atoms in total. The molecule has 2 aliphatic rings. The summed E-state index contributed by atoms with van der Waals surface area (Å²) in [6.07, 6.45) is 1.72. The molecule has 0 radical (unpaired) electrons. The number of anilines is 1. The quantitative estimate of drug-likeness (QED) is 0.572. The van der Waals surface area contributed by atoms with Gasteiger partial charge in [0.25, 0.3) is 8.53 Å². The molecule has 3 rings (SSSR count). The van der Waals surface area contributed by atoms with Crippen molar-refractivity contribution in [3.8, 4) is 0 Å². The minimum absolute atomic E-state index is 0.131. The minimum atomic E-state index is -1.27. The lowest BCUT2D eigenvalue weighted by Gasteiger charge is -2.57. The van der Waals surface area contributed by atoms with Crippen LogP contribution in [0.25, 0.3) is 0 Å². The lowest BCUT2D eigenvalue weighted by Crippen LogP contribution is -2.65. The first-order chi connectivity index (χ1) is 13.2. The van der Waals surface area contributed by atoms with Gasteiger partial charge in [-0.15, -0.1) is 0 Å². The Balaban J connectivity index is 2.02. The highest BCUT2D eigenvalue weighted by molar-refractivity contribution is 7.49. The maximum atomic E-state index is 12.5. The number of hydrogen-bond donors (Lipinski definition) is 0. The normalized spacial score (nSPS) is 25.8. The molecule has 0 unspecified atom stereocenters. The van der Waals surface area contributed by atoms with E-state index in [4.69, 9.17) is 9.05 Å². The molecule has 0 bridgehead atoms. The van der Waals surface area contributed by atoms with Gasteiger partial charge in [0.05, 0.1) is 11.2 Å². The largest absolute Gasteiger partial charge is 0.333 e. The Kier molecular flexibility index (Phi) is 5.60.